The minimum absolute atomic E-state index is 0.826. The molecule has 0 aromatic carbocycles. The van der Waals surface area contributed by atoms with E-state index in [1.54, 1.807) is 0 Å². The first-order valence-electron chi connectivity index (χ1n) is 2.70. The monoisotopic (exact) mass is 231 g/mol. The molecule has 7 heteroatoms. The maximum atomic E-state index is 12.1. The van der Waals surface area contributed by atoms with Crippen LogP contribution in [0.5, 0.6) is 0 Å². The summed E-state index contributed by atoms with van der Waals surface area (Å²) >= 11 is 2.70. The summed E-state index contributed by atoms with van der Waals surface area (Å²) < 4.78 is 37.0. The first-order chi connectivity index (χ1) is 4.93. The summed E-state index contributed by atoms with van der Waals surface area (Å²) in [6, 6.07) is 0. The highest BCUT2D eigenvalue weighted by Crippen LogP contribution is 2.30. The highest BCUT2D eigenvalue weighted by molar-refractivity contribution is 9.07. The van der Waals surface area contributed by atoms with Crippen molar-refractivity contribution >= 4 is 22.5 Å². The average Bonchev–Trinajstić information content (AvgIpc) is 2.08. The summed E-state index contributed by atoms with van der Waals surface area (Å²) in [5.41, 5.74) is 0. The van der Waals surface area contributed by atoms with Crippen LogP contribution < -0.4 is 0 Å². The van der Waals surface area contributed by atoms with Crippen molar-refractivity contribution in [1.82, 2.24) is 8.93 Å². The van der Waals surface area contributed by atoms with Crippen LogP contribution in [-0.4, -0.2) is 34.7 Å². The van der Waals surface area contributed by atoms with Gasteiger partial charge in [0.1, 0.15) is 6.34 Å². The zero-order valence-electron chi connectivity index (χ0n) is 5.51. The molecule has 0 saturated carbocycles. The Morgan fingerprint density at radius 1 is 1.55 bits per heavy atom. The van der Waals surface area contributed by atoms with Crippen molar-refractivity contribution < 1.29 is 13.2 Å². The van der Waals surface area contributed by atoms with Crippen molar-refractivity contribution in [3.63, 3.8) is 0 Å². The molecule has 1 aliphatic heterocycles. The first-order valence-corrected chi connectivity index (χ1v) is 3.41. The summed E-state index contributed by atoms with van der Waals surface area (Å²) in [5.74, 6) is 0. The van der Waals surface area contributed by atoms with Gasteiger partial charge in [0.2, 0.25) is 6.17 Å². The Bertz CT molecular complexity index is 168. The van der Waals surface area contributed by atoms with Crippen molar-refractivity contribution in [3.05, 3.63) is 0 Å². The number of nitrogens with zero attached hydrogens (tertiary/aromatic N) is 3. The fourth-order valence-corrected chi connectivity index (χ4v) is 1.35. The summed E-state index contributed by atoms with van der Waals surface area (Å²) in [7, 11) is 1.26. The largest absolute Gasteiger partial charge is 0.429 e. The molecule has 1 rings (SSSR count). The van der Waals surface area contributed by atoms with E-state index in [0.717, 1.165) is 15.3 Å². The van der Waals surface area contributed by atoms with Crippen molar-refractivity contribution in [2.75, 3.05) is 7.05 Å². The predicted molar refractivity (Wildman–Crippen MR) is 36.9 cm³/mol. The minimum Gasteiger partial charge on any atom is -0.266 e. The normalized spacial score (nSPS) is 25.0. The molecule has 0 spiro atoms. The lowest BCUT2D eigenvalue weighted by molar-refractivity contribution is -0.191. The van der Waals surface area contributed by atoms with Gasteiger partial charge >= 0.3 is 6.18 Å². The van der Waals surface area contributed by atoms with Crippen molar-refractivity contribution in [2.45, 2.75) is 12.3 Å². The van der Waals surface area contributed by atoms with Crippen LogP contribution in [-0.2, 0) is 0 Å². The number of hydrogen-bond donors (Lipinski definition) is 0. The van der Waals surface area contributed by atoms with Gasteiger partial charge in [0.15, 0.2) is 0 Å². The van der Waals surface area contributed by atoms with Crippen LogP contribution in [0.3, 0.4) is 0 Å². The molecule has 0 saturated heterocycles. The molecule has 1 atom stereocenters. The third-order valence-corrected chi connectivity index (χ3v) is 1.80. The van der Waals surface area contributed by atoms with Gasteiger partial charge in [-0.3, -0.25) is 8.93 Å². The zero-order valence-corrected chi connectivity index (χ0v) is 7.09. The van der Waals surface area contributed by atoms with Crippen LogP contribution in [0.4, 0.5) is 13.2 Å². The van der Waals surface area contributed by atoms with Gasteiger partial charge in [0, 0.05) is 7.05 Å². The molecule has 0 aromatic rings. The van der Waals surface area contributed by atoms with Crippen LogP contribution in [0.1, 0.15) is 0 Å². The molecule has 3 nitrogen and oxygen atoms in total. The van der Waals surface area contributed by atoms with E-state index < -0.39 is 12.3 Å². The Kier molecular flexibility index (Phi) is 2.00. The topological polar surface area (TPSA) is 18.8 Å². The molecule has 0 N–H and O–H groups in total. The molecule has 1 unspecified atom stereocenters. The van der Waals surface area contributed by atoms with Gasteiger partial charge in [0.25, 0.3) is 0 Å². The SMILES string of the molecule is CN1N=CN(Br)C1C(F)(F)F. The summed E-state index contributed by atoms with van der Waals surface area (Å²) in [6.45, 7) is 0. The van der Waals surface area contributed by atoms with Gasteiger partial charge < -0.3 is 0 Å². The molecule has 1 aliphatic rings. The second kappa shape index (κ2) is 2.54. The van der Waals surface area contributed by atoms with Crippen LogP contribution in [0.25, 0.3) is 0 Å². The van der Waals surface area contributed by atoms with E-state index in [-0.39, 0.29) is 0 Å². The van der Waals surface area contributed by atoms with Gasteiger partial charge in [0.05, 0.1) is 16.1 Å². The Hall–Kier alpha value is -0.460. The standard InChI is InChI=1S/C4H5BrF3N3/c1-10-3(4(6,7)8)11(5)2-9-10/h2-3H,1H3. The molecular weight excluding hydrogens is 227 g/mol. The van der Waals surface area contributed by atoms with Gasteiger partial charge in [-0.05, 0) is 0 Å². The van der Waals surface area contributed by atoms with E-state index in [4.69, 9.17) is 0 Å². The minimum atomic E-state index is -4.30. The van der Waals surface area contributed by atoms with Crippen LogP contribution >= 0.6 is 16.1 Å². The average molecular weight is 232 g/mol. The Morgan fingerprint density at radius 2 is 2.09 bits per heavy atom. The number of halogens is 4. The first kappa shape index (κ1) is 8.63. The number of rotatable bonds is 0. The summed E-state index contributed by atoms with van der Waals surface area (Å²) in [4.78, 5) is 0. The van der Waals surface area contributed by atoms with E-state index in [1.807, 2.05) is 0 Å². The predicted octanol–water partition coefficient (Wildman–Crippen LogP) is 1.38. The highest BCUT2D eigenvalue weighted by Gasteiger charge is 2.47. The molecule has 0 radical (unpaired) electrons. The van der Waals surface area contributed by atoms with E-state index >= 15 is 0 Å². The lowest BCUT2D eigenvalue weighted by atomic mass is 10.5. The second-order valence-electron chi connectivity index (χ2n) is 2.06. The van der Waals surface area contributed by atoms with E-state index in [2.05, 4.69) is 21.2 Å². The van der Waals surface area contributed by atoms with Crippen LogP contribution in [0.2, 0.25) is 0 Å². The molecule has 0 aliphatic carbocycles. The van der Waals surface area contributed by atoms with Crippen LogP contribution in [0.15, 0.2) is 5.10 Å². The van der Waals surface area contributed by atoms with Crippen molar-refractivity contribution in [3.8, 4) is 0 Å². The van der Waals surface area contributed by atoms with E-state index in [9.17, 15) is 13.2 Å². The molecule has 11 heavy (non-hydrogen) atoms. The van der Waals surface area contributed by atoms with E-state index in [1.165, 1.54) is 7.05 Å². The summed E-state index contributed by atoms with van der Waals surface area (Å²) in [5, 5.41) is 4.26. The lowest BCUT2D eigenvalue weighted by Gasteiger charge is -2.25. The Morgan fingerprint density at radius 3 is 2.27 bits per heavy atom. The summed E-state index contributed by atoms with van der Waals surface area (Å²) in [6.07, 6.45) is -4.92. The Labute approximate surface area is 69.8 Å². The molecule has 0 bridgehead atoms. The van der Waals surface area contributed by atoms with Gasteiger partial charge in [-0.1, -0.05) is 0 Å². The van der Waals surface area contributed by atoms with Crippen molar-refractivity contribution in [2.24, 2.45) is 5.10 Å². The van der Waals surface area contributed by atoms with Gasteiger partial charge in [-0.2, -0.15) is 18.3 Å². The maximum absolute atomic E-state index is 12.1. The molecule has 0 amide bonds. The number of hydrazone groups is 1. The third kappa shape index (κ3) is 1.58. The number of hydrogen-bond acceptors (Lipinski definition) is 3. The molecule has 1 heterocycles. The molecule has 0 fully saturated rings. The molecule has 0 aromatic heterocycles. The Balaban J connectivity index is 2.74. The fraction of sp³-hybridized carbons (Fsp3) is 0.750. The zero-order chi connectivity index (χ0) is 8.65. The smallest absolute Gasteiger partial charge is 0.266 e. The third-order valence-electron chi connectivity index (χ3n) is 1.22. The molecular formula is C4H5BrF3N3. The van der Waals surface area contributed by atoms with Gasteiger partial charge in [-0.25, -0.2) is 0 Å². The van der Waals surface area contributed by atoms with Gasteiger partial charge in [-0.15, -0.1) is 0 Å². The fourth-order valence-electron chi connectivity index (χ4n) is 0.768. The lowest BCUT2D eigenvalue weighted by Crippen LogP contribution is -2.44. The van der Waals surface area contributed by atoms with Crippen LogP contribution in [0, 0.1) is 0 Å². The van der Waals surface area contributed by atoms with Crippen molar-refractivity contribution in [1.29, 1.82) is 0 Å². The second-order valence-corrected chi connectivity index (χ2v) is 2.88. The maximum Gasteiger partial charge on any atom is 0.429 e. The number of alkyl halides is 3. The van der Waals surface area contributed by atoms with E-state index in [0.29, 0.717) is 0 Å². The highest BCUT2D eigenvalue weighted by atomic mass is 79.9. The molecule has 64 valence electrons. The quantitative estimate of drug-likeness (QED) is 0.587.